The number of aliphatic hydroxyl groups excluding tert-OH is 2. The van der Waals surface area contributed by atoms with Crippen molar-refractivity contribution in [2.45, 2.75) is 37.8 Å². The average molecular weight is 512 g/mol. The number of hydrogen-bond acceptors (Lipinski definition) is 9. The van der Waals surface area contributed by atoms with Crippen molar-refractivity contribution in [2.24, 2.45) is 17.8 Å². The molecule has 0 aromatic heterocycles. The van der Waals surface area contributed by atoms with Gasteiger partial charge in [-0.15, -0.1) is 0 Å². The smallest absolute Gasteiger partial charge is 0.259 e. The first-order chi connectivity index (χ1) is 17.5. The van der Waals surface area contributed by atoms with Crippen LogP contribution < -0.4 is 5.32 Å². The molecule has 3 aliphatic carbocycles. The van der Waals surface area contributed by atoms with Crippen LogP contribution >= 0.6 is 0 Å². The first-order valence-corrected chi connectivity index (χ1v) is 12.6. The Kier molecular flexibility index (Phi) is 6.17. The largest absolute Gasteiger partial charge is 0.510 e. The topological polar surface area (TPSA) is 151 Å². The monoisotopic (exact) mass is 511 g/mol. The minimum absolute atomic E-state index is 0.0417. The molecule has 0 bridgehead atoms. The lowest BCUT2D eigenvalue weighted by molar-refractivity contribution is -0.140. The first kappa shape index (κ1) is 25.4. The van der Waals surface area contributed by atoms with Crippen molar-refractivity contribution >= 4 is 23.2 Å². The molecule has 1 aromatic rings. The van der Waals surface area contributed by atoms with E-state index in [1.165, 1.54) is 13.0 Å². The average Bonchev–Trinajstić information content (AvgIpc) is 3.34. The molecule has 4 aliphatic rings. The van der Waals surface area contributed by atoms with Gasteiger partial charge in [-0.3, -0.25) is 24.2 Å². The van der Waals surface area contributed by atoms with Crippen LogP contribution in [0, 0.1) is 17.8 Å². The molecule has 10 nitrogen and oxygen atoms in total. The fourth-order valence-corrected chi connectivity index (χ4v) is 6.71. The van der Waals surface area contributed by atoms with Crippen LogP contribution in [0.25, 0.3) is 5.76 Å². The van der Waals surface area contributed by atoms with E-state index in [1.54, 1.807) is 31.1 Å². The zero-order valence-corrected chi connectivity index (χ0v) is 21.2. The Labute approximate surface area is 214 Å². The van der Waals surface area contributed by atoms with Crippen LogP contribution in [0.3, 0.4) is 0 Å². The molecule has 37 heavy (non-hydrogen) atoms. The highest BCUT2D eigenvalue weighted by atomic mass is 16.3. The molecule has 0 spiro atoms. The summed E-state index contributed by atoms with van der Waals surface area (Å²) in [6.45, 7) is 3.39. The van der Waals surface area contributed by atoms with Crippen molar-refractivity contribution in [1.29, 1.82) is 0 Å². The van der Waals surface area contributed by atoms with E-state index < -0.39 is 64.0 Å². The number of amides is 1. The summed E-state index contributed by atoms with van der Waals surface area (Å²) in [5.41, 5.74) is -1.99. The van der Waals surface area contributed by atoms with Crippen LogP contribution in [0.15, 0.2) is 35.1 Å². The SMILES string of the molecule is CN(C)C1C(O)=C(C(=O)NCN2CCCC2)C(=O)C2C(=O)C3=C(O)c4c(O)cccc4C(C)(O)C3CC21. The highest BCUT2D eigenvalue weighted by Gasteiger charge is 2.59. The number of nitrogens with zero attached hydrogens (tertiary/aromatic N) is 2. The van der Waals surface area contributed by atoms with Crippen molar-refractivity contribution in [3.8, 4) is 5.75 Å². The number of carbonyl (C=O) groups is 3. The first-order valence-electron chi connectivity index (χ1n) is 12.6. The van der Waals surface area contributed by atoms with Crippen LogP contribution in [0.5, 0.6) is 5.75 Å². The summed E-state index contributed by atoms with van der Waals surface area (Å²) in [5, 5.41) is 47.1. The predicted octanol–water partition coefficient (Wildman–Crippen LogP) is 1.20. The number of aliphatic hydroxyl groups is 3. The molecule has 1 saturated carbocycles. The number of likely N-dealkylation sites (N-methyl/N-ethyl adjacent to an activating group) is 1. The van der Waals surface area contributed by atoms with E-state index in [0.29, 0.717) is 0 Å². The van der Waals surface area contributed by atoms with Gasteiger partial charge in [0.2, 0.25) is 0 Å². The van der Waals surface area contributed by atoms with Gasteiger partial charge in [-0.25, -0.2) is 0 Å². The lowest BCUT2D eigenvalue weighted by atomic mass is 9.56. The lowest BCUT2D eigenvalue weighted by Gasteiger charge is -2.50. The number of phenolic OH excluding ortho intramolecular Hbond substituents is 1. The molecule has 0 radical (unpaired) electrons. The number of nitrogens with one attached hydrogen (secondary N) is 1. The number of rotatable bonds is 4. The normalized spacial score (nSPS) is 31.9. The van der Waals surface area contributed by atoms with Gasteiger partial charge in [0.05, 0.1) is 29.8 Å². The second-order valence-corrected chi connectivity index (χ2v) is 10.9. The van der Waals surface area contributed by atoms with Gasteiger partial charge in [0.1, 0.15) is 22.8 Å². The molecule has 2 fully saturated rings. The summed E-state index contributed by atoms with van der Waals surface area (Å²) in [7, 11) is 3.38. The number of aromatic hydroxyl groups is 1. The number of phenols is 1. The Morgan fingerprint density at radius 1 is 1.14 bits per heavy atom. The molecule has 5 rings (SSSR count). The Morgan fingerprint density at radius 3 is 2.46 bits per heavy atom. The van der Waals surface area contributed by atoms with Crippen LogP contribution in [-0.2, 0) is 20.0 Å². The van der Waals surface area contributed by atoms with Crippen LogP contribution in [0.4, 0.5) is 0 Å². The van der Waals surface area contributed by atoms with Gasteiger partial charge < -0.3 is 25.7 Å². The van der Waals surface area contributed by atoms with Gasteiger partial charge in [-0.2, -0.15) is 0 Å². The number of ketones is 2. The Bertz CT molecular complexity index is 1240. The number of Topliss-reactive ketones (excluding diaryl/α,β-unsaturated/α-hetero) is 2. The lowest BCUT2D eigenvalue weighted by Crippen LogP contribution is -2.58. The summed E-state index contributed by atoms with van der Waals surface area (Å²) in [5.74, 6) is -6.36. The molecule has 5 unspecified atom stereocenters. The maximum atomic E-state index is 13.9. The minimum Gasteiger partial charge on any atom is -0.510 e. The van der Waals surface area contributed by atoms with Crippen LogP contribution in [0.2, 0.25) is 0 Å². The third-order valence-corrected chi connectivity index (χ3v) is 8.51. The maximum absolute atomic E-state index is 13.9. The third-order valence-electron chi connectivity index (χ3n) is 8.51. The third kappa shape index (κ3) is 3.77. The zero-order chi connectivity index (χ0) is 26.8. The van der Waals surface area contributed by atoms with Gasteiger partial charge in [0.15, 0.2) is 11.6 Å². The molecule has 1 amide bonds. The van der Waals surface area contributed by atoms with Crippen LogP contribution in [-0.4, -0.2) is 87.6 Å². The van der Waals surface area contributed by atoms with Crippen LogP contribution in [0.1, 0.15) is 37.3 Å². The van der Waals surface area contributed by atoms with Crippen molar-refractivity contribution in [3.63, 3.8) is 0 Å². The molecule has 1 saturated heterocycles. The summed E-state index contributed by atoms with van der Waals surface area (Å²) in [6, 6.07) is 3.64. The molecule has 5 N–H and O–H groups in total. The second-order valence-electron chi connectivity index (χ2n) is 10.9. The molecule has 1 aromatic carbocycles. The number of likely N-dealkylation sites (tertiary alicyclic amines) is 1. The summed E-state index contributed by atoms with van der Waals surface area (Å²) in [4.78, 5) is 44.5. The van der Waals surface area contributed by atoms with E-state index in [0.717, 1.165) is 25.9 Å². The standard InChI is InChI=1S/C27H33N3O7/c1-27(37)14-7-6-8-16(31)18(14)24(34)19-15(27)11-13-17(22(19)32)23(33)20(25(35)21(13)29(2)3)26(36)28-12-30-9-4-5-10-30/h6-8,13,15,17,21,31,34-35,37H,4-5,9-12H2,1-3H3,(H,28,36). The predicted molar refractivity (Wildman–Crippen MR) is 133 cm³/mol. The van der Waals surface area contributed by atoms with E-state index in [4.69, 9.17) is 0 Å². The van der Waals surface area contributed by atoms with Gasteiger partial charge in [0, 0.05) is 11.5 Å². The molecule has 1 heterocycles. The molecule has 198 valence electrons. The van der Waals surface area contributed by atoms with Gasteiger partial charge >= 0.3 is 0 Å². The molecular weight excluding hydrogens is 478 g/mol. The molecule has 10 heteroatoms. The van der Waals surface area contributed by atoms with Crippen molar-refractivity contribution in [1.82, 2.24) is 15.1 Å². The fourth-order valence-electron chi connectivity index (χ4n) is 6.71. The number of hydrogen-bond donors (Lipinski definition) is 5. The highest BCUT2D eigenvalue weighted by Crippen LogP contribution is 2.55. The van der Waals surface area contributed by atoms with E-state index in [1.807, 2.05) is 4.90 Å². The van der Waals surface area contributed by atoms with E-state index in [9.17, 15) is 34.8 Å². The zero-order valence-electron chi connectivity index (χ0n) is 21.2. The van der Waals surface area contributed by atoms with Crippen molar-refractivity contribution in [3.05, 3.63) is 46.2 Å². The van der Waals surface area contributed by atoms with E-state index in [2.05, 4.69) is 5.32 Å². The molecule has 5 atom stereocenters. The second kappa shape index (κ2) is 8.97. The van der Waals surface area contributed by atoms with Gasteiger partial charge in [-0.1, -0.05) is 12.1 Å². The molecular formula is C27H33N3O7. The minimum atomic E-state index is -1.64. The summed E-state index contributed by atoms with van der Waals surface area (Å²) < 4.78 is 0. The maximum Gasteiger partial charge on any atom is 0.259 e. The van der Waals surface area contributed by atoms with E-state index in [-0.39, 0.29) is 35.5 Å². The summed E-state index contributed by atoms with van der Waals surface area (Å²) >= 11 is 0. The number of fused-ring (bicyclic) bond motifs is 3. The fraction of sp³-hybridized carbons (Fsp3) is 0.519. The molecule has 1 aliphatic heterocycles. The Hall–Kier alpha value is -3.21. The van der Waals surface area contributed by atoms with Gasteiger partial charge in [0.25, 0.3) is 5.91 Å². The Balaban J connectivity index is 1.58. The number of carbonyl (C=O) groups excluding carboxylic acids is 3. The summed E-state index contributed by atoms with van der Waals surface area (Å²) in [6.07, 6.45) is 2.14. The van der Waals surface area contributed by atoms with Crippen molar-refractivity contribution < 1.29 is 34.8 Å². The van der Waals surface area contributed by atoms with E-state index >= 15 is 0 Å². The number of benzene rings is 1. The Morgan fingerprint density at radius 2 is 1.81 bits per heavy atom. The van der Waals surface area contributed by atoms with Gasteiger partial charge in [-0.05, 0) is 70.9 Å². The quantitative estimate of drug-likeness (QED) is 0.297. The highest BCUT2D eigenvalue weighted by molar-refractivity contribution is 6.28. The van der Waals surface area contributed by atoms with Crippen molar-refractivity contribution in [2.75, 3.05) is 33.9 Å².